The van der Waals surface area contributed by atoms with Crippen molar-refractivity contribution in [2.45, 2.75) is 13.3 Å². The lowest BCUT2D eigenvalue weighted by Gasteiger charge is -2.27. The van der Waals surface area contributed by atoms with Gasteiger partial charge in [-0.25, -0.2) is 4.79 Å². The van der Waals surface area contributed by atoms with Gasteiger partial charge in [0.15, 0.2) is 0 Å². The van der Waals surface area contributed by atoms with Crippen molar-refractivity contribution in [2.75, 3.05) is 47.1 Å². The number of quaternary nitrogens is 1. The minimum absolute atomic E-state index is 0.00302. The molecule has 0 aromatic rings. The molecule has 0 bridgehead atoms. The lowest BCUT2D eigenvalue weighted by Crippen LogP contribution is -2.35. The van der Waals surface area contributed by atoms with Crippen molar-refractivity contribution in [2.24, 2.45) is 0 Å². The Morgan fingerprint density at radius 3 is 2.37 bits per heavy atom. The van der Waals surface area contributed by atoms with Crippen molar-refractivity contribution in [1.29, 1.82) is 0 Å². The summed E-state index contributed by atoms with van der Waals surface area (Å²) < 4.78 is 21.7. The fraction of sp³-hybridized carbons (Fsp3) is 0.750. The highest BCUT2D eigenvalue weighted by Gasteiger charge is 2.13. The van der Waals surface area contributed by atoms with E-state index >= 15 is 0 Å². The maximum atomic E-state index is 11.5. The van der Waals surface area contributed by atoms with E-state index in [0.29, 0.717) is 10.9 Å². The molecule has 0 aliphatic carbocycles. The lowest BCUT2D eigenvalue weighted by molar-refractivity contribution is -0.870. The second-order valence-electron chi connectivity index (χ2n) is 5.45. The number of nitrogens with zero attached hydrogens (tertiary/aromatic N) is 1. The van der Waals surface area contributed by atoms with Crippen LogP contribution >= 0.6 is 7.60 Å². The van der Waals surface area contributed by atoms with Crippen LogP contribution in [0.5, 0.6) is 0 Å². The van der Waals surface area contributed by atoms with Gasteiger partial charge in [-0.1, -0.05) is 6.58 Å². The summed E-state index contributed by atoms with van der Waals surface area (Å²) in [4.78, 5) is 22.6. The first-order valence-electron chi connectivity index (χ1n) is 6.11. The van der Waals surface area contributed by atoms with Crippen LogP contribution in [0.3, 0.4) is 0 Å². The SMILES string of the molecule is C=C(C)C(=O)OCCOP(=O)([O-])CCC[N+](C)(C)C. The van der Waals surface area contributed by atoms with Gasteiger partial charge in [-0.05, 0) is 6.92 Å². The Morgan fingerprint density at radius 2 is 1.89 bits per heavy atom. The quantitative estimate of drug-likeness (QED) is 0.206. The monoisotopic (exact) mass is 293 g/mol. The minimum Gasteiger partial charge on any atom is -0.778 e. The van der Waals surface area contributed by atoms with Gasteiger partial charge in [0.25, 0.3) is 0 Å². The Balaban J connectivity index is 3.82. The van der Waals surface area contributed by atoms with Crippen LogP contribution in [-0.2, 0) is 18.6 Å². The van der Waals surface area contributed by atoms with Gasteiger partial charge in [0.05, 0.1) is 34.3 Å². The Hall–Kier alpha value is -0.680. The largest absolute Gasteiger partial charge is 0.778 e. The standard InChI is InChI=1S/C12H24NO5P/c1-11(2)12(14)17-8-9-18-19(15,16)10-6-7-13(3,4)5/h1,6-10H2,2-5H3. The normalized spacial score (nSPS) is 14.8. The molecule has 0 aromatic heterocycles. The smallest absolute Gasteiger partial charge is 0.333 e. The highest BCUT2D eigenvalue weighted by atomic mass is 31.2. The van der Waals surface area contributed by atoms with Crippen molar-refractivity contribution < 1.29 is 28.0 Å². The van der Waals surface area contributed by atoms with Crippen LogP contribution in [0.25, 0.3) is 0 Å². The molecule has 0 aliphatic rings. The van der Waals surface area contributed by atoms with Gasteiger partial charge in [-0.2, -0.15) is 0 Å². The van der Waals surface area contributed by atoms with E-state index in [9.17, 15) is 14.3 Å². The van der Waals surface area contributed by atoms with Crippen LogP contribution in [0.1, 0.15) is 13.3 Å². The highest BCUT2D eigenvalue weighted by molar-refractivity contribution is 7.51. The third-order valence-electron chi connectivity index (χ3n) is 2.21. The van der Waals surface area contributed by atoms with Gasteiger partial charge < -0.3 is 23.2 Å². The van der Waals surface area contributed by atoms with E-state index in [4.69, 9.17) is 9.26 Å². The summed E-state index contributed by atoms with van der Waals surface area (Å²) in [6.45, 7) is 5.44. The fourth-order valence-corrected chi connectivity index (χ4v) is 2.25. The average Bonchev–Trinajstić information content (AvgIpc) is 2.21. The Kier molecular flexibility index (Phi) is 7.52. The van der Waals surface area contributed by atoms with Crippen molar-refractivity contribution in [3.05, 3.63) is 12.2 Å². The zero-order chi connectivity index (χ0) is 15.1. The van der Waals surface area contributed by atoms with E-state index in [0.717, 1.165) is 6.54 Å². The highest BCUT2D eigenvalue weighted by Crippen LogP contribution is 2.37. The summed E-state index contributed by atoms with van der Waals surface area (Å²) in [6.07, 6.45) is 0.535. The molecule has 0 fully saturated rings. The summed E-state index contributed by atoms with van der Waals surface area (Å²) >= 11 is 0. The number of carbonyl (C=O) groups is 1. The van der Waals surface area contributed by atoms with Crippen molar-refractivity contribution in [3.63, 3.8) is 0 Å². The van der Waals surface area contributed by atoms with Crippen LogP contribution < -0.4 is 4.89 Å². The number of carbonyl (C=O) groups excluding carboxylic acids is 1. The predicted octanol–water partition coefficient (Wildman–Crippen LogP) is 0.772. The van der Waals surface area contributed by atoms with E-state index in [1.165, 1.54) is 6.92 Å². The molecule has 7 heteroatoms. The molecule has 0 heterocycles. The van der Waals surface area contributed by atoms with Gasteiger partial charge in [0, 0.05) is 18.2 Å². The molecule has 0 aromatic carbocycles. The van der Waals surface area contributed by atoms with Crippen LogP contribution in [-0.4, -0.2) is 57.5 Å². The number of ether oxygens (including phenoxy) is 1. The van der Waals surface area contributed by atoms with Crippen LogP contribution in [0.4, 0.5) is 0 Å². The molecule has 0 radical (unpaired) electrons. The number of rotatable bonds is 9. The lowest BCUT2D eigenvalue weighted by atomic mass is 10.4. The topological polar surface area (TPSA) is 75.7 Å². The van der Waals surface area contributed by atoms with Crippen molar-refractivity contribution in [1.82, 2.24) is 0 Å². The summed E-state index contributed by atoms with van der Waals surface area (Å²) in [5, 5.41) is 0. The second kappa shape index (κ2) is 7.80. The molecule has 0 N–H and O–H groups in total. The predicted molar refractivity (Wildman–Crippen MR) is 71.7 cm³/mol. The molecular weight excluding hydrogens is 269 g/mol. The maximum absolute atomic E-state index is 11.5. The third kappa shape index (κ3) is 10.9. The minimum atomic E-state index is -3.84. The number of hydrogen-bond donors (Lipinski definition) is 0. The zero-order valence-corrected chi connectivity index (χ0v) is 13.1. The molecule has 0 aliphatic heterocycles. The van der Waals surface area contributed by atoms with Gasteiger partial charge in [0.1, 0.15) is 14.2 Å². The van der Waals surface area contributed by atoms with Gasteiger partial charge in [-0.3, -0.25) is 0 Å². The first-order chi connectivity index (χ1) is 8.53. The van der Waals surface area contributed by atoms with E-state index in [1.54, 1.807) is 0 Å². The Morgan fingerprint density at radius 1 is 1.32 bits per heavy atom. The Labute approximate surface area is 115 Å². The molecule has 1 atom stereocenters. The molecule has 6 nitrogen and oxygen atoms in total. The second-order valence-corrected chi connectivity index (χ2v) is 7.38. The summed E-state index contributed by atoms with van der Waals surface area (Å²) in [5.41, 5.74) is 0.272. The molecule has 19 heavy (non-hydrogen) atoms. The van der Waals surface area contributed by atoms with E-state index in [-0.39, 0.29) is 24.9 Å². The first kappa shape index (κ1) is 18.3. The Bertz CT molecular complexity index is 362. The number of hydrogen-bond acceptors (Lipinski definition) is 5. The van der Waals surface area contributed by atoms with Gasteiger partial charge in [-0.15, -0.1) is 0 Å². The van der Waals surface area contributed by atoms with Crippen molar-refractivity contribution >= 4 is 13.6 Å². The van der Waals surface area contributed by atoms with Crippen LogP contribution in [0, 0.1) is 0 Å². The number of esters is 1. The molecule has 0 saturated carbocycles. The molecule has 0 amide bonds. The molecule has 0 rings (SSSR count). The molecule has 0 spiro atoms. The molecule has 0 saturated heterocycles. The van der Waals surface area contributed by atoms with Crippen molar-refractivity contribution in [3.8, 4) is 0 Å². The fourth-order valence-electron chi connectivity index (χ4n) is 1.24. The van der Waals surface area contributed by atoms with E-state index in [1.807, 2.05) is 21.1 Å². The van der Waals surface area contributed by atoms with Gasteiger partial charge >= 0.3 is 5.97 Å². The average molecular weight is 293 g/mol. The first-order valence-corrected chi connectivity index (χ1v) is 7.84. The molecular formula is C12H24NO5P. The summed E-state index contributed by atoms with van der Waals surface area (Å²) in [6, 6.07) is 0. The van der Waals surface area contributed by atoms with Crippen LogP contribution in [0.2, 0.25) is 0 Å². The van der Waals surface area contributed by atoms with E-state index < -0.39 is 13.6 Å². The van der Waals surface area contributed by atoms with Crippen LogP contribution in [0.15, 0.2) is 12.2 Å². The third-order valence-corrected chi connectivity index (χ3v) is 3.65. The van der Waals surface area contributed by atoms with E-state index in [2.05, 4.69) is 6.58 Å². The van der Waals surface area contributed by atoms with Gasteiger partial charge in [0.2, 0.25) is 0 Å². The molecule has 112 valence electrons. The zero-order valence-electron chi connectivity index (χ0n) is 12.2. The summed E-state index contributed by atoms with van der Waals surface area (Å²) in [7, 11) is 2.15. The summed E-state index contributed by atoms with van der Waals surface area (Å²) in [5.74, 6) is -0.547. The molecule has 1 unspecified atom stereocenters. The maximum Gasteiger partial charge on any atom is 0.333 e.